The number of hydrogen-bond acceptors (Lipinski definition) is 4. The average molecular weight is 287 g/mol. The molecule has 1 aliphatic heterocycles. The SMILES string of the molecule is C=CC(C)=N.CC(=N)c1ccc2c(c1)N(C)C(=O)CCO2. The Hall–Kier alpha value is -2.43. The molecule has 112 valence electrons. The molecule has 0 aliphatic carbocycles. The first-order chi connectivity index (χ1) is 9.86. The summed E-state index contributed by atoms with van der Waals surface area (Å²) in [4.78, 5) is 13.2. The van der Waals surface area contributed by atoms with Crippen LogP contribution in [0.5, 0.6) is 5.75 Å². The van der Waals surface area contributed by atoms with Crippen molar-refractivity contribution in [2.24, 2.45) is 0 Å². The molecule has 1 aromatic carbocycles. The zero-order valence-electron chi connectivity index (χ0n) is 12.7. The number of nitrogens with zero attached hydrogens (tertiary/aromatic N) is 1. The molecule has 0 saturated carbocycles. The Labute approximate surface area is 125 Å². The number of nitrogens with one attached hydrogen (secondary N) is 2. The van der Waals surface area contributed by atoms with Gasteiger partial charge in [-0.25, -0.2) is 0 Å². The lowest BCUT2D eigenvalue weighted by Gasteiger charge is -2.17. The molecular weight excluding hydrogens is 266 g/mol. The Kier molecular flexibility index (Phi) is 5.84. The summed E-state index contributed by atoms with van der Waals surface area (Å²) in [5.74, 6) is 0.747. The molecule has 0 radical (unpaired) electrons. The Morgan fingerprint density at radius 1 is 1.38 bits per heavy atom. The first-order valence-corrected chi connectivity index (χ1v) is 6.63. The third-order valence-electron chi connectivity index (χ3n) is 3.01. The fraction of sp³-hybridized carbons (Fsp3) is 0.312. The fourth-order valence-corrected chi connectivity index (χ4v) is 1.69. The summed E-state index contributed by atoms with van der Waals surface area (Å²) in [7, 11) is 1.74. The van der Waals surface area contributed by atoms with Gasteiger partial charge >= 0.3 is 0 Å². The summed E-state index contributed by atoms with van der Waals surface area (Å²) in [6.07, 6.45) is 1.89. The summed E-state index contributed by atoms with van der Waals surface area (Å²) in [5.41, 5.74) is 2.55. The van der Waals surface area contributed by atoms with Gasteiger partial charge in [0.1, 0.15) is 5.75 Å². The maximum Gasteiger partial charge on any atom is 0.230 e. The molecule has 21 heavy (non-hydrogen) atoms. The number of allylic oxidation sites excluding steroid dienone is 1. The van der Waals surface area contributed by atoms with E-state index in [0.29, 0.717) is 30.2 Å². The highest BCUT2D eigenvalue weighted by Crippen LogP contribution is 2.31. The van der Waals surface area contributed by atoms with Crippen LogP contribution in [0.1, 0.15) is 25.8 Å². The first-order valence-electron chi connectivity index (χ1n) is 6.63. The summed E-state index contributed by atoms with van der Waals surface area (Å²) in [6, 6.07) is 5.48. The van der Waals surface area contributed by atoms with Gasteiger partial charge in [0.2, 0.25) is 5.91 Å². The number of amides is 1. The van der Waals surface area contributed by atoms with Gasteiger partial charge < -0.3 is 20.5 Å². The highest BCUT2D eigenvalue weighted by atomic mass is 16.5. The molecule has 0 unspecified atom stereocenters. The van der Waals surface area contributed by atoms with Gasteiger partial charge in [0.15, 0.2) is 0 Å². The molecule has 1 amide bonds. The fourth-order valence-electron chi connectivity index (χ4n) is 1.69. The van der Waals surface area contributed by atoms with E-state index >= 15 is 0 Å². The van der Waals surface area contributed by atoms with Gasteiger partial charge in [-0.05, 0) is 43.7 Å². The number of anilines is 1. The number of carbonyl (C=O) groups excluding carboxylic acids is 1. The average Bonchev–Trinajstić information content (AvgIpc) is 2.59. The summed E-state index contributed by atoms with van der Waals surface area (Å²) < 4.78 is 5.49. The maximum atomic E-state index is 11.7. The predicted molar refractivity (Wildman–Crippen MR) is 86.1 cm³/mol. The Morgan fingerprint density at radius 2 is 2.00 bits per heavy atom. The van der Waals surface area contributed by atoms with E-state index in [4.69, 9.17) is 15.6 Å². The van der Waals surface area contributed by atoms with Crippen molar-refractivity contribution < 1.29 is 9.53 Å². The van der Waals surface area contributed by atoms with Crippen LogP contribution in [0.4, 0.5) is 5.69 Å². The van der Waals surface area contributed by atoms with Crippen LogP contribution in [0.3, 0.4) is 0 Å². The van der Waals surface area contributed by atoms with Crippen LogP contribution in [0, 0.1) is 10.8 Å². The van der Waals surface area contributed by atoms with Crippen LogP contribution < -0.4 is 9.64 Å². The van der Waals surface area contributed by atoms with Crippen molar-refractivity contribution in [1.29, 1.82) is 10.8 Å². The maximum absolute atomic E-state index is 11.7. The molecule has 2 rings (SSSR count). The lowest BCUT2D eigenvalue weighted by atomic mass is 10.1. The molecule has 5 heteroatoms. The van der Waals surface area contributed by atoms with Crippen molar-refractivity contribution in [2.75, 3.05) is 18.6 Å². The molecule has 0 bridgehead atoms. The van der Waals surface area contributed by atoms with Gasteiger partial charge in [-0.1, -0.05) is 6.58 Å². The van der Waals surface area contributed by atoms with Gasteiger partial charge in [-0.2, -0.15) is 0 Å². The number of rotatable bonds is 2. The minimum atomic E-state index is 0.0403. The van der Waals surface area contributed by atoms with Crippen LogP contribution >= 0.6 is 0 Å². The second-order valence-electron chi connectivity index (χ2n) is 4.75. The number of fused-ring (bicyclic) bond motifs is 1. The van der Waals surface area contributed by atoms with E-state index in [0.717, 1.165) is 11.3 Å². The number of hydrogen-bond donors (Lipinski definition) is 2. The van der Waals surface area contributed by atoms with E-state index in [1.807, 2.05) is 18.2 Å². The quantitative estimate of drug-likeness (QED) is 0.820. The van der Waals surface area contributed by atoms with E-state index in [9.17, 15) is 4.79 Å². The molecule has 1 aromatic rings. The van der Waals surface area contributed by atoms with E-state index in [1.54, 1.807) is 25.8 Å². The second-order valence-corrected chi connectivity index (χ2v) is 4.75. The van der Waals surface area contributed by atoms with Crippen molar-refractivity contribution in [3.63, 3.8) is 0 Å². The molecule has 2 N–H and O–H groups in total. The molecule has 0 atom stereocenters. The van der Waals surface area contributed by atoms with Crippen molar-refractivity contribution in [3.05, 3.63) is 36.4 Å². The minimum absolute atomic E-state index is 0.0403. The lowest BCUT2D eigenvalue weighted by Crippen LogP contribution is -2.25. The van der Waals surface area contributed by atoms with Crippen LogP contribution in [0.2, 0.25) is 0 Å². The predicted octanol–water partition coefficient (Wildman–Crippen LogP) is 3.03. The van der Waals surface area contributed by atoms with Gasteiger partial charge in [0.25, 0.3) is 0 Å². The molecule has 1 aliphatic rings. The molecule has 0 saturated heterocycles. The van der Waals surface area contributed by atoms with Crippen LogP contribution in [-0.2, 0) is 4.79 Å². The van der Waals surface area contributed by atoms with E-state index < -0.39 is 0 Å². The number of benzene rings is 1. The Balaban J connectivity index is 0.000000383. The number of carbonyl (C=O) groups is 1. The topological polar surface area (TPSA) is 77.2 Å². The van der Waals surface area contributed by atoms with Crippen molar-refractivity contribution in [1.82, 2.24) is 0 Å². The van der Waals surface area contributed by atoms with Gasteiger partial charge in [-0.15, -0.1) is 0 Å². The highest BCUT2D eigenvalue weighted by molar-refractivity contribution is 6.00. The first kappa shape index (κ1) is 16.6. The van der Waals surface area contributed by atoms with Crippen LogP contribution in [0.15, 0.2) is 30.9 Å². The van der Waals surface area contributed by atoms with Gasteiger partial charge in [0, 0.05) is 18.5 Å². The summed E-state index contributed by atoms with van der Waals surface area (Å²) >= 11 is 0. The molecule has 0 aromatic heterocycles. The standard InChI is InChI=1S/C12H14N2O2.C4H7N/c1-8(13)9-3-4-11-10(7-9)14(2)12(15)5-6-16-11;1-3-4(2)5/h3-4,7,13H,5-6H2,1-2H3;3,5H,1H2,2H3. The molecule has 1 heterocycles. The zero-order valence-corrected chi connectivity index (χ0v) is 12.7. The van der Waals surface area contributed by atoms with E-state index in [1.165, 1.54) is 6.08 Å². The largest absolute Gasteiger partial charge is 0.491 e. The minimum Gasteiger partial charge on any atom is -0.491 e. The van der Waals surface area contributed by atoms with Gasteiger partial charge in [-0.3, -0.25) is 4.79 Å². The van der Waals surface area contributed by atoms with Crippen LogP contribution in [0.25, 0.3) is 0 Å². The third-order valence-corrected chi connectivity index (χ3v) is 3.01. The summed E-state index contributed by atoms with van der Waals surface area (Å²) in [6.45, 7) is 7.16. The zero-order chi connectivity index (χ0) is 16.0. The van der Waals surface area contributed by atoms with Crippen molar-refractivity contribution in [2.45, 2.75) is 20.3 Å². The van der Waals surface area contributed by atoms with E-state index in [-0.39, 0.29) is 5.91 Å². The van der Waals surface area contributed by atoms with Crippen molar-refractivity contribution in [3.8, 4) is 5.75 Å². The Bertz CT molecular complexity index is 579. The normalized spacial score (nSPS) is 13.1. The molecular formula is C16H21N3O2. The summed E-state index contributed by atoms with van der Waals surface area (Å²) in [5, 5.41) is 14.2. The van der Waals surface area contributed by atoms with Gasteiger partial charge in [0.05, 0.1) is 18.7 Å². The molecule has 5 nitrogen and oxygen atoms in total. The number of ether oxygens (including phenoxy) is 1. The van der Waals surface area contributed by atoms with Crippen LogP contribution in [-0.4, -0.2) is 31.0 Å². The smallest absolute Gasteiger partial charge is 0.230 e. The second kappa shape index (κ2) is 7.38. The molecule has 0 fully saturated rings. The van der Waals surface area contributed by atoms with Crippen molar-refractivity contribution >= 4 is 23.0 Å². The third kappa shape index (κ3) is 4.56. The lowest BCUT2D eigenvalue weighted by molar-refractivity contribution is -0.118. The molecule has 0 spiro atoms. The monoisotopic (exact) mass is 287 g/mol. The van der Waals surface area contributed by atoms with E-state index in [2.05, 4.69) is 6.58 Å². The Morgan fingerprint density at radius 3 is 2.52 bits per heavy atom. The highest BCUT2D eigenvalue weighted by Gasteiger charge is 2.20.